The summed E-state index contributed by atoms with van der Waals surface area (Å²) < 4.78 is 0. The summed E-state index contributed by atoms with van der Waals surface area (Å²) in [6.45, 7) is 2.33. The predicted octanol–water partition coefficient (Wildman–Crippen LogP) is 0.839. The summed E-state index contributed by atoms with van der Waals surface area (Å²) in [6.07, 6.45) is 1.79. The molecule has 1 rings (SSSR count). The second kappa shape index (κ2) is 6.28. The van der Waals surface area contributed by atoms with Gasteiger partial charge in [-0.1, -0.05) is 6.92 Å². The van der Waals surface area contributed by atoms with Crippen LogP contribution < -0.4 is 10.6 Å². The Balaban J connectivity index is 2.61. The number of hydrogen-bond acceptors (Lipinski definition) is 5. The zero-order valence-electron chi connectivity index (χ0n) is 9.67. The van der Waals surface area contributed by atoms with E-state index in [0.717, 1.165) is 18.7 Å². The maximum absolute atomic E-state index is 11.5. The van der Waals surface area contributed by atoms with Crippen molar-refractivity contribution in [2.75, 3.05) is 6.54 Å². The first-order valence-corrected chi connectivity index (χ1v) is 5.24. The molecule has 1 heterocycles. The molecule has 0 bridgehead atoms. The van der Waals surface area contributed by atoms with Crippen molar-refractivity contribution in [2.45, 2.75) is 13.3 Å². The quantitative estimate of drug-likeness (QED) is 0.608. The fourth-order valence-corrected chi connectivity index (χ4v) is 1.09. The van der Waals surface area contributed by atoms with Crippen molar-refractivity contribution in [1.29, 1.82) is 0 Å². The first-order chi connectivity index (χ1) is 8.54. The van der Waals surface area contributed by atoms with E-state index < -0.39 is 16.9 Å². The first-order valence-electron chi connectivity index (χ1n) is 5.24. The molecule has 0 spiro atoms. The summed E-state index contributed by atoms with van der Waals surface area (Å²) in [4.78, 5) is 35.9. The number of hydrogen-bond donors (Lipinski definition) is 2. The third-order valence-electron chi connectivity index (χ3n) is 1.96. The summed E-state index contributed by atoms with van der Waals surface area (Å²) in [7, 11) is 0. The van der Waals surface area contributed by atoms with Gasteiger partial charge in [-0.25, -0.2) is 4.79 Å². The largest absolute Gasteiger partial charge is 0.363 e. The molecule has 0 saturated carbocycles. The normalized spacial score (nSPS) is 9.61. The molecular weight excluding hydrogens is 240 g/mol. The highest BCUT2D eigenvalue weighted by Gasteiger charge is 2.13. The van der Waals surface area contributed by atoms with E-state index in [0.29, 0.717) is 6.54 Å². The lowest BCUT2D eigenvalue weighted by atomic mass is 10.2. The number of carbonyl (C=O) groups excluding carboxylic acids is 2. The van der Waals surface area contributed by atoms with Gasteiger partial charge >= 0.3 is 11.8 Å². The molecule has 0 unspecified atom stereocenters. The molecular formula is C10H12N4O4. The number of pyridine rings is 1. The van der Waals surface area contributed by atoms with Gasteiger partial charge in [-0.15, -0.1) is 0 Å². The highest BCUT2D eigenvalue weighted by atomic mass is 16.6. The Labute approximate surface area is 103 Å². The summed E-state index contributed by atoms with van der Waals surface area (Å²) >= 11 is 0. The van der Waals surface area contributed by atoms with Gasteiger partial charge in [-0.05, 0) is 22.4 Å². The molecule has 0 aromatic carbocycles. The first kappa shape index (κ1) is 13.6. The summed E-state index contributed by atoms with van der Waals surface area (Å²) in [5.41, 5.74) is 0.0762. The number of urea groups is 1. The van der Waals surface area contributed by atoms with E-state index >= 15 is 0 Å². The molecule has 8 nitrogen and oxygen atoms in total. The Morgan fingerprint density at radius 1 is 1.44 bits per heavy atom. The van der Waals surface area contributed by atoms with Gasteiger partial charge < -0.3 is 15.4 Å². The second-order valence-electron chi connectivity index (χ2n) is 3.37. The zero-order chi connectivity index (χ0) is 13.5. The summed E-state index contributed by atoms with van der Waals surface area (Å²) in [6, 6.07) is 1.71. The smallest absolute Gasteiger partial charge is 0.358 e. The minimum Gasteiger partial charge on any atom is -0.358 e. The number of carbonyl (C=O) groups is 2. The monoisotopic (exact) mass is 252 g/mol. The Morgan fingerprint density at radius 3 is 2.67 bits per heavy atom. The van der Waals surface area contributed by atoms with Crippen LogP contribution in [0.25, 0.3) is 0 Å². The van der Waals surface area contributed by atoms with E-state index in [4.69, 9.17) is 0 Å². The Morgan fingerprint density at radius 2 is 2.17 bits per heavy atom. The van der Waals surface area contributed by atoms with Crippen LogP contribution in [0.15, 0.2) is 18.3 Å². The van der Waals surface area contributed by atoms with Crippen LogP contribution in [-0.4, -0.2) is 28.4 Å². The van der Waals surface area contributed by atoms with E-state index in [2.05, 4.69) is 15.6 Å². The van der Waals surface area contributed by atoms with Crippen molar-refractivity contribution in [3.63, 3.8) is 0 Å². The van der Waals surface area contributed by atoms with Crippen molar-refractivity contribution < 1.29 is 14.5 Å². The average Bonchev–Trinajstić information content (AvgIpc) is 2.36. The van der Waals surface area contributed by atoms with Gasteiger partial charge in [-0.3, -0.25) is 10.1 Å². The molecule has 0 aliphatic heterocycles. The minimum absolute atomic E-state index is 0.0762. The molecule has 2 N–H and O–H groups in total. The molecule has 0 aliphatic rings. The van der Waals surface area contributed by atoms with Crippen LogP contribution in [0.5, 0.6) is 0 Å². The van der Waals surface area contributed by atoms with E-state index in [1.807, 2.05) is 6.92 Å². The number of nitrogens with zero attached hydrogens (tertiary/aromatic N) is 2. The third kappa shape index (κ3) is 3.81. The van der Waals surface area contributed by atoms with Crippen LogP contribution in [0.4, 0.5) is 10.6 Å². The minimum atomic E-state index is -0.671. The summed E-state index contributed by atoms with van der Waals surface area (Å²) in [5, 5.41) is 14.9. The van der Waals surface area contributed by atoms with Crippen molar-refractivity contribution >= 4 is 17.8 Å². The molecule has 1 aromatic rings. The lowest BCUT2D eigenvalue weighted by Crippen LogP contribution is -2.39. The highest BCUT2D eigenvalue weighted by Crippen LogP contribution is 2.07. The van der Waals surface area contributed by atoms with Crippen LogP contribution in [0.3, 0.4) is 0 Å². The van der Waals surface area contributed by atoms with E-state index in [1.165, 1.54) is 6.07 Å². The highest BCUT2D eigenvalue weighted by molar-refractivity contribution is 6.04. The van der Waals surface area contributed by atoms with Gasteiger partial charge in [0.2, 0.25) is 0 Å². The number of aromatic nitrogens is 1. The maximum Gasteiger partial charge on any atom is 0.363 e. The molecule has 3 amide bonds. The van der Waals surface area contributed by atoms with Crippen LogP contribution in [0.2, 0.25) is 0 Å². The number of imide groups is 1. The van der Waals surface area contributed by atoms with Gasteiger partial charge in [-0.2, -0.15) is 0 Å². The second-order valence-corrected chi connectivity index (χ2v) is 3.37. The lowest BCUT2D eigenvalue weighted by Gasteiger charge is -2.04. The molecule has 0 saturated heterocycles. The van der Waals surface area contributed by atoms with Crippen molar-refractivity contribution in [3.05, 3.63) is 34.0 Å². The molecule has 0 aliphatic carbocycles. The fraction of sp³-hybridized carbons (Fsp3) is 0.300. The predicted molar refractivity (Wildman–Crippen MR) is 62.0 cm³/mol. The van der Waals surface area contributed by atoms with Crippen LogP contribution in [-0.2, 0) is 0 Å². The van der Waals surface area contributed by atoms with Gasteiger partial charge in [0.1, 0.15) is 0 Å². The van der Waals surface area contributed by atoms with Crippen LogP contribution in [0.1, 0.15) is 23.7 Å². The number of rotatable bonds is 4. The van der Waals surface area contributed by atoms with Crippen LogP contribution >= 0.6 is 0 Å². The standard InChI is InChI=1S/C10H12N4O4/c1-2-5-11-10(16)13-9(15)7-3-4-8(12-6-7)14(17)18/h3-4,6H,2,5H2,1H3,(H2,11,13,15,16). The Hall–Kier alpha value is -2.51. The van der Waals surface area contributed by atoms with Crippen molar-refractivity contribution in [2.24, 2.45) is 0 Å². The Bertz CT molecular complexity index is 457. The molecule has 1 aromatic heterocycles. The molecule has 18 heavy (non-hydrogen) atoms. The van der Waals surface area contributed by atoms with Gasteiger partial charge in [0.15, 0.2) is 6.20 Å². The Kier molecular flexibility index (Phi) is 4.73. The topological polar surface area (TPSA) is 114 Å². The molecule has 8 heteroatoms. The summed E-state index contributed by atoms with van der Waals surface area (Å²) in [5.74, 6) is -1.02. The molecule has 0 atom stereocenters. The van der Waals surface area contributed by atoms with Gasteiger partial charge in [0.05, 0.1) is 5.56 Å². The fourth-order valence-electron chi connectivity index (χ4n) is 1.09. The van der Waals surface area contributed by atoms with E-state index in [1.54, 1.807) is 0 Å². The number of nitrogens with one attached hydrogen (secondary N) is 2. The molecule has 96 valence electrons. The van der Waals surface area contributed by atoms with Gasteiger partial charge in [0, 0.05) is 12.6 Å². The zero-order valence-corrected chi connectivity index (χ0v) is 9.67. The molecule has 0 fully saturated rings. The lowest BCUT2D eigenvalue weighted by molar-refractivity contribution is -0.389. The SMILES string of the molecule is CCCNC(=O)NC(=O)c1ccc([N+](=O)[O-])nc1. The van der Waals surface area contributed by atoms with Gasteiger partial charge in [0.25, 0.3) is 5.91 Å². The van der Waals surface area contributed by atoms with Crippen LogP contribution in [0, 0.1) is 10.1 Å². The van der Waals surface area contributed by atoms with E-state index in [-0.39, 0.29) is 11.4 Å². The third-order valence-corrected chi connectivity index (χ3v) is 1.96. The maximum atomic E-state index is 11.5. The number of amides is 3. The van der Waals surface area contributed by atoms with E-state index in [9.17, 15) is 19.7 Å². The number of nitro groups is 1. The van der Waals surface area contributed by atoms with Crippen molar-refractivity contribution in [3.8, 4) is 0 Å². The average molecular weight is 252 g/mol. The molecule has 0 radical (unpaired) electrons. The van der Waals surface area contributed by atoms with Crippen molar-refractivity contribution in [1.82, 2.24) is 15.6 Å².